The molecule has 172 valence electrons. The number of likely N-dealkylation sites (tertiary alicyclic amines) is 3. The van der Waals surface area contributed by atoms with E-state index in [0.29, 0.717) is 22.5 Å². The van der Waals surface area contributed by atoms with Crippen LogP contribution in [-0.4, -0.2) is 71.8 Å². The van der Waals surface area contributed by atoms with Crippen LogP contribution in [-0.2, 0) is 4.79 Å². The van der Waals surface area contributed by atoms with Gasteiger partial charge >= 0.3 is 0 Å². The maximum absolute atomic E-state index is 13.3. The number of hydrogen-bond acceptors (Lipinski definition) is 5. The Balaban J connectivity index is 1.23. The number of thiophene rings is 1. The van der Waals surface area contributed by atoms with Gasteiger partial charge in [-0.2, -0.15) is 0 Å². The summed E-state index contributed by atoms with van der Waals surface area (Å²) in [4.78, 5) is 33.1. The van der Waals surface area contributed by atoms with E-state index in [0.717, 1.165) is 87.9 Å². The molecule has 3 fully saturated rings. The summed E-state index contributed by atoms with van der Waals surface area (Å²) in [6.45, 7) is 7.44. The molecule has 4 heterocycles. The summed E-state index contributed by atoms with van der Waals surface area (Å²) in [5.74, 6) is 0.450. The van der Waals surface area contributed by atoms with Gasteiger partial charge in [0.2, 0.25) is 5.91 Å². The Kier molecular flexibility index (Phi) is 5.88. The highest BCUT2D eigenvalue weighted by molar-refractivity contribution is 7.23. The highest BCUT2D eigenvalue weighted by atomic mass is 32.1. The van der Waals surface area contributed by atoms with Crippen molar-refractivity contribution in [2.24, 2.45) is 5.41 Å². The number of hydrogen-bond donors (Lipinski definition) is 1. The Morgan fingerprint density at radius 2 is 1.94 bits per heavy atom. The molecule has 2 amide bonds. The van der Waals surface area contributed by atoms with Crippen LogP contribution in [0.5, 0.6) is 0 Å². The highest BCUT2D eigenvalue weighted by Crippen LogP contribution is 2.41. The Labute approximate surface area is 194 Å². The summed E-state index contributed by atoms with van der Waals surface area (Å²) in [6.07, 6.45) is 6.10. The molecule has 2 aromatic rings. The largest absolute Gasteiger partial charge is 0.390 e. The SMILES string of the molecule is CCCN1CCC2(CCCN(C3CCN(C(=O)c4c(N)sc5ccccc45)CC3)C2)C1=O. The predicted octanol–water partition coefficient (Wildman–Crippen LogP) is 3.81. The smallest absolute Gasteiger partial charge is 0.257 e. The molecule has 0 radical (unpaired) electrons. The third kappa shape index (κ3) is 3.69. The summed E-state index contributed by atoms with van der Waals surface area (Å²) in [5.41, 5.74) is 6.76. The number of rotatable bonds is 4. The first-order valence-electron chi connectivity index (χ1n) is 12.1. The van der Waals surface area contributed by atoms with Crippen molar-refractivity contribution >= 4 is 38.2 Å². The molecule has 1 spiro atoms. The first kappa shape index (κ1) is 21.7. The molecule has 7 heteroatoms. The van der Waals surface area contributed by atoms with E-state index in [9.17, 15) is 9.59 Å². The van der Waals surface area contributed by atoms with E-state index in [4.69, 9.17) is 5.73 Å². The zero-order valence-electron chi connectivity index (χ0n) is 19.0. The summed E-state index contributed by atoms with van der Waals surface area (Å²) < 4.78 is 1.07. The second-order valence-electron chi connectivity index (χ2n) is 9.76. The van der Waals surface area contributed by atoms with Crippen molar-refractivity contribution < 1.29 is 9.59 Å². The number of benzene rings is 1. The lowest BCUT2D eigenvalue weighted by molar-refractivity contribution is -0.139. The van der Waals surface area contributed by atoms with E-state index < -0.39 is 0 Å². The third-order valence-corrected chi connectivity index (χ3v) is 8.81. The number of nitrogens with zero attached hydrogens (tertiary/aromatic N) is 3. The lowest BCUT2D eigenvalue weighted by Crippen LogP contribution is -2.54. The van der Waals surface area contributed by atoms with Crippen molar-refractivity contribution in [3.05, 3.63) is 29.8 Å². The summed E-state index contributed by atoms with van der Waals surface area (Å²) in [7, 11) is 0. The van der Waals surface area contributed by atoms with E-state index in [1.54, 1.807) is 0 Å². The summed E-state index contributed by atoms with van der Waals surface area (Å²) >= 11 is 1.49. The quantitative estimate of drug-likeness (QED) is 0.763. The fraction of sp³-hybridized carbons (Fsp3) is 0.600. The van der Waals surface area contributed by atoms with Crippen molar-refractivity contribution in [1.82, 2.24) is 14.7 Å². The zero-order valence-corrected chi connectivity index (χ0v) is 19.8. The van der Waals surface area contributed by atoms with Gasteiger partial charge in [0.1, 0.15) is 0 Å². The molecule has 3 aliphatic rings. The van der Waals surface area contributed by atoms with Crippen LogP contribution >= 0.6 is 11.3 Å². The van der Waals surface area contributed by atoms with E-state index in [2.05, 4.69) is 16.7 Å². The minimum atomic E-state index is -0.162. The van der Waals surface area contributed by atoms with Gasteiger partial charge in [-0.25, -0.2) is 0 Å². The molecular weight excluding hydrogens is 420 g/mol. The van der Waals surface area contributed by atoms with Gasteiger partial charge in [-0.1, -0.05) is 25.1 Å². The fourth-order valence-corrected chi connectivity index (χ4v) is 7.07. The first-order chi connectivity index (χ1) is 15.5. The Morgan fingerprint density at radius 1 is 1.16 bits per heavy atom. The molecule has 3 saturated heterocycles. The third-order valence-electron chi connectivity index (χ3n) is 7.81. The van der Waals surface area contributed by atoms with Gasteiger partial charge in [0.15, 0.2) is 0 Å². The molecule has 0 bridgehead atoms. The summed E-state index contributed by atoms with van der Waals surface area (Å²) in [6, 6.07) is 8.43. The van der Waals surface area contributed by atoms with Gasteiger partial charge < -0.3 is 15.5 Å². The van der Waals surface area contributed by atoms with Crippen molar-refractivity contribution in [3.63, 3.8) is 0 Å². The van der Waals surface area contributed by atoms with Gasteiger partial charge in [-0.3, -0.25) is 14.5 Å². The van der Waals surface area contributed by atoms with E-state index in [1.165, 1.54) is 11.3 Å². The maximum atomic E-state index is 13.3. The van der Waals surface area contributed by atoms with Crippen LogP contribution in [0, 0.1) is 5.41 Å². The molecule has 0 aliphatic carbocycles. The molecule has 32 heavy (non-hydrogen) atoms. The average Bonchev–Trinajstić information content (AvgIpc) is 3.30. The fourth-order valence-electron chi connectivity index (χ4n) is 6.11. The van der Waals surface area contributed by atoms with Crippen LogP contribution in [0.1, 0.15) is 55.8 Å². The lowest BCUT2D eigenvalue weighted by Gasteiger charge is -2.45. The van der Waals surface area contributed by atoms with Crippen LogP contribution in [0.4, 0.5) is 5.00 Å². The second kappa shape index (κ2) is 8.67. The summed E-state index contributed by atoms with van der Waals surface area (Å²) in [5, 5.41) is 1.59. The standard InChI is InChI=1S/C25H34N4O2S/c1-2-12-28-16-11-25(24(28)31)10-5-13-29(17-25)18-8-14-27(15-9-18)23(30)21-19-6-3-4-7-20(19)32-22(21)26/h3-4,6-7,18H,2,5,8-17,26H2,1H3. The number of nitrogens with two attached hydrogens (primary N) is 1. The minimum Gasteiger partial charge on any atom is -0.390 e. The maximum Gasteiger partial charge on any atom is 0.257 e. The molecule has 0 saturated carbocycles. The normalized spacial score (nSPS) is 25.3. The number of amides is 2. The van der Waals surface area contributed by atoms with Gasteiger partial charge in [-0.15, -0.1) is 11.3 Å². The Bertz CT molecular complexity index is 1010. The van der Waals surface area contributed by atoms with Crippen LogP contribution < -0.4 is 5.73 Å². The van der Waals surface area contributed by atoms with Gasteiger partial charge in [0.25, 0.3) is 5.91 Å². The Hall–Kier alpha value is -2.12. The van der Waals surface area contributed by atoms with E-state index in [1.807, 2.05) is 29.2 Å². The van der Waals surface area contributed by atoms with Crippen molar-refractivity contribution in [1.29, 1.82) is 0 Å². The predicted molar refractivity (Wildman–Crippen MR) is 130 cm³/mol. The van der Waals surface area contributed by atoms with E-state index in [-0.39, 0.29) is 11.3 Å². The number of nitrogen functional groups attached to an aromatic ring is 1. The minimum absolute atomic E-state index is 0.0645. The number of fused-ring (bicyclic) bond motifs is 1. The first-order valence-corrected chi connectivity index (χ1v) is 12.9. The second-order valence-corrected chi connectivity index (χ2v) is 10.8. The Morgan fingerprint density at radius 3 is 2.72 bits per heavy atom. The van der Waals surface area contributed by atoms with Crippen molar-refractivity contribution in [2.75, 3.05) is 45.0 Å². The number of anilines is 1. The van der Waals surface area contributed by atoms with Crippen molar-refractivity contribution in [3.8, 4) is 0 Å². The number of carbonyl (C=O) groups is 2. The van der Waals surface area contributed by atoms with Crippen LogP contribution in [0.25, 0.3) is 10.1 Å². The highest BCUT2D eigenvalue weighted by Gasteiger charge is 2.49. The molecule has 2 N–H and O–H groups in total. The number of carbonyl (C=O) groups excluding carboxylic acids is 2. The zero-order chi connectivity index (χ0) is 22.3. The van der Waals surface area contributed by atoms with Gasteiger partial charge in [0, 0.05) is 48.9 Å². The molecule has 1 aromatic carbocycles. The van der Waals surface area contributed by atoms with Crippen molar-refractivity contribution in [2.45, 2.75) is 51.5 Å². The van der Waals surface area contributed by atoms with Gasteiger partial charge in [0.05, 0.1) is 16.0 Å². The molecule has 1 unspecified atom stereocenters. The van der Waals surface area contributed by atoms with Crippen LogP contribution in [0.2, 0.25) is 0 Å². The molecule has 1 atom stereocenters. The average molecular weight is 455 g/mol. The molecule has 6 nitrogen and oxygen atoms in total. The van der Waals surface area contributed by atoms with E-state index >= 15 is 0 Å². The van der Waals surface area contributed by atoms with Gasteiger partial charge in [-0.05, 0) is 51.1 Å². The molecule has 1 aromatic heterocycles. The molecular formula is C25H34N4O2S. The van der Waals surface area contributed by atoms with Crippen LogP contribution in [0.15, 0.2) is 24.3 Å². The molecule has 3 aliphatic heterocycles. The number of piperidine rings is 2. The lowest BCUT2D eigenvalue weighted by atomic mass is 9.77. The molecule has 5 rings (SSSR count). The monoisotopic (exact) mass is 454 g/mol. The van der Waals surface area contributed by atoms with Crippen LogP contribution in [0.3, 0.4) is 0 Å². The topological polar surface area (TPSA) is 69.9 Å².